The zero-order chi connectivity index (χ0) is 10.2. The fraction of sp³-hybridized carbons (Fsp3) is 0.100. The Labute approximate surface area is 78.2 Å². The number of rotatable bonds is 0. The van der Waals surface area contributed by atoms with Crippen LogP contribution >= 0.6 is 0 Å². The van der Waals surface area contributed by atoms with Gasteiger partial charge in [-0.25, -0.2) is 0 Å². The number of nitrogens with zero attached hydrogens (tertiary/aromatic N) is 1. The molecule has 0 atom stereocenters. The van der Waals surface area contributed by atoms with Gasteiger partial charge in [0.2, 0.25) is 0 Å². The monoisotopic (exact) mass is 196 g/mol. The third-order valence-electron chi connectivity index (χ3n) is 1.84. The van der Waals surface area contributed by atoms with Crippen LogP contribution in [0, 0.1) is 6.07 Å². The molecule has 0 bridgehead atoms. The van der Waals surface area contributed by atoms with Crippen LogP contribution in [0.15, 0.2) is 30.5 Å². The van der Waals surface area contributed by atoms with Crippen LogP contribution in [0.1, 0.15) is 5.69 Å². The molecular formula is C10H5F3N. The average molecular weight is 196 g/mol. The standard InChI is InChI=1S/C10H5F3N/c11-10(12,13)9-5-7-3-1-2-4-8(7)6-14-9/h1-2,4-6H. The van der Waals surface area contributed by atoms with Gasteiger partial charge in [-0.05, 0) is 17.5 Å². The fourth-order valence-electron chi connectivity index (χ4n) is 1.17. The Morgan fingerprint density at radius 2 is 2.07 bits per heavy atom. The molecule has 1 nitrogen and oxygen atoms in total. The minimum absolute atomic E-state index is 0.426. The molecule has 0 fully saturated rings. The maximum atomic E-state index is 12.2. The number of fused-ring (bicyclic) bond motifs is 1. The quantitative estimate of drug-likeness (QED) is 0.631. The summed E-state index contributed by atoms with van der Waals surface area (Å²) in [5.74, 6) is 0. The van der Waals surface area contributed by atoms with Crippen molar-refractivity contribution in [2.24, 2.45) is 0 Å². The molecule has 0 N–H and O–H groups in total. The Morgan fingerprint density at radius 1 is 1.29 bits per heavy atom. The summed E-state index contributed by atoms with van der Waals surface area (Å²) in [7, 11) is 0. The normalized spacial score (nSPS) is 11.9. The van der Waals surface area contributed by atoms with Crippen molar-refractivity contribution >= 4 is 10.8 Å². The maximum absolute atomic E-state index is 12.2. The van der Waals surface area contributed by atoms with E-state index in [2.05, 4.69) is 11.1 Å². The highest BCUT2D eigenvalue weighted by Crippen LogP contribution is 2.29. The molecule has 4 heteroatoms. The lowest BCUT2D eigenvalue weighted by atomic mass is 10.1. The second kappa shape index (κ2) is 2.97. The van der Waals surface area contributed by atoms with E-state index in [4.69, 9.17) is 0 Å². The van der Waals surface area contributed by atoms with Crippen LogP contribution in [0.2, 0.25) is 0 Å². The third-order valence-corrected chi connectivity index (χ3v) is 1.84. The number of hydrogen-bond donors (Lipinski definition) is 0. The number of benzene rings is 1. The van der Waals surface area contributed by atoms with Crippen molar-refractivity contribution < 1.29 is 13.2 Å². The molecule has 2 aromatic rings. The van der Waals surface area contributed by atoms with E-state index in [9.17, 15) is 13.2 Å². The largest absolute Gasteiger partial charge is 0.433 e. The molecule has 0 saturated heterocycles. The van der Waals surface area contributed by atoms with E-state index in [-0.39, 0.29) is 0 Å². The van der Waals surface area contributed by atoms with Crippen LogP contribution < -0.4 is 0 Å². The second-order valence-corrected chi connectivity index (χ2v) is 2.82. The first kappa shape index (κ1) is 8.99. The Balaban J connectivity index is 2.63. The van der Waals surface area contributed by atoms with Gasteiger partial charge in [-0.2, -0.15) is 13.2 Å². The number of alkyl halides is 3. The van der Waals surface area contributed by atoms with Gasteiger partial charge in [-0.1, -0.05) is 18.2 Å². The first-order valence-corrected chi connectivity index (χ1v) is 3.91. The van der Waals surface area contributed by atoms with Gasteiger partial charge in [-0.3, -0.25) is 4.98 Å². The Kier molecular flexibility index (Phi) is 1.91. The topological polar surface area (TPSA) is 12.9 Å². The summed E-state index contributed by atoms with van der Waals surface area (Å²) >= 11 is 0. The van der Waals surface area contributed by atoms with E-state index in [0.717, 1.165) is 6.07 Å². The zero-order valence-electron chi connectivity index (χ0n) is 6.97. The van der Waals surface area contributed by atoms with Gasteiger partial charge in [-0.15, -0.1) is 0 Å². The summed E-state index contributed by atoms with van der Waals surface area (Å²) in [6.07, 6.45) is -3.19. The second-order valence-electron chi connectivity index (χ2n) is 2.82. The van der Waals surface area contributed by atoms with Gasteiger partial charge in [0.1, 0.15) is 5.69 Å². The highest BCUT2D eigenvalue weighted by atomic mass is 19.4. The molecular weight excluding hydrogens is 191 g/mol. The van der Waals surface area contributed by atoms with Crippen molar-refractivity contribution in [3.8, 4) is 0 Å². The molecule has 1 aromatic carbocycles. The minimum atomic E-state index is -4.39. The molecule has 1 aromatic heterocycles. The van der Waals surface area contributed by atoms with E-state index < -0.39 is 11.9 Å². The molecule has 0 saturated carbocycles. The smallest absolute Gasteiger partial charge is 0.251 e. The molecule has 0 unspecified atom stereocenters. The summed E-state index contributed by atoms with van der Waals surface area (Å²) in [4.78, 5) is 3.33. The van der Waals surface area contributed by atoms with Crippen molar-refractivity contribution in [3.63, 3.8) is 0 Å². The van der Waals surface area contributed by atoms with Gasteiger partial charge < -0.3 is 0 Å². The summed E-state index contributed by atoms with van der Waals surface area (Å²) in [6, 6.07) is 8.69. The molecule has 2 rings (SSSR count). The summed E-state index contributed by atoms with van der Waals surface area (Å²) in [5.41, 5.74) is -0.882. The van der Waals surface area contributed by atoms with Crippen molar-refractivity contribution in [1.29, 1.82) is 0 Å². The first-order valence-electron chi connectivity index (χ1n) is 3.91. The summed E-state index contributed by atoms with van der Waals surface area (Å²) < 4.78 is 36.7. The third kappa shape index (κ3) is 1.55. The van der Waals surface area contributed by atoms with E-state index in [1.165, 1.54) is 6.20 Å². The predicted octanol–water partition coefficient (Wildman–Crippen LogP) is 3.05. The van der Waals surface area contributed by atoms with Crippen molar-refractivity contribution in [3.05, 3.63) is 42.2 Å². The van der Waals surface area contributed by atoms with Crippen LogP contribution in [0.5, 0.6) is 0 Å². The van der Waals surface area contributed by atoms with Crippen LogP contribution in [-0.4, -0.2) is 4.98 Å². The highest BCUT2D eigenvalue weighted by Gasteiger charge is 2.32. The fourth-order valence-corrected chi connectivity index (χ4v) is 1.17. The highest BCUT2D eigenvalue weighted by molar-refractivity contribution is 5.81. The number of hydrogen-bond acceptors (Lipinski definition) is 1. The van der Waals surface area contributed by atoms with Crippen LogP contribution in [0.4, 0.5) is 13.2 Å². The van der Waals surface area contributed by atoms with Crippen LogP contribution in [0.25, 0.3) is 10.8 Å². The van der Waals surface area contributed by atoms with E-state index >= 15 is 0 Å². The van der Waals surface area contributed by atoms with Crippen LogP contribution in [0.3, 0.4) is 0 Å². The van der Waals surface area contributed by atoms with Crippen molar-refractivity contribution in [2.45, 2.75) is 6.18 Å². The summed E-state index contributed by atoms with van der Waals surface area (Å²) in [5, 5.41) is 1.08. The number of halogens is 3. The van der Waals surface area contributed by atoms with Crippen molar-refractivity contribution in [2.75, 3.05) is 0 Å². The molecule has 0 amide bonds. The van der Waals surface area contributed by atoms with Crippen LogP contribution in [-0.2, 0) is 6.18 Å². The van der Waals surface area contributed by atoms with Gasteiger partial charge >= 0.3 is 6.18 Å². The molecule has 1 radical (unpaired) electrons. The molecule has 0 aliphatic heterocycles. The lowest BCUT2D eigenvalue weighted by Crippen LogP contribution is -2.07. The lowest BCUT2D eigenvalue weighted by molar-refractivity contribution is -0.141. The summed E-state index contributed by atoms with van der Waals surface area (Å²) in [6.45, 7) is 0. The number of aromatic nitrogens is 1. The van der Waals surface area contributed by atoms with E-state index in [1.54, 1.807) is 18.2 Å². The maximum Gasteiger partial charge on any atom is 0.433 e. The Morgan fingerprint density at radius 3 is 2.79 bits per heavy atom. The van der Waals surface area contributed by atoms with E-state index in [0.29, 0.717) is 10.8 Å². The predicted molar refractivity (Wildman–Crippen MR) is 45.6 cm³/mol. The Bertz CT molecular complexity index is 462. The van der Waals surface area contributed by atoms with Gasteiger partial charge in [0.15, 0.2) is 0 Å². The van der Waals surface area contributed by atoms with Gasteiger partial charge in [0.25, 0.3) is 0 Å². The van der Waals surface area contributed by atoms with Crippen molar-refractivity contribution in [1.82, 2.24) is 4.98 Å². The SMILES string of the molecule is FC(F)(F)c1cc2[c]cccc2cn1. The molecule has 0 aliphatic carbocycles. The minimum Gasteiger partial charge on any atom is -0.251 e. The molecule has 1 heterocycles. The van der Waals surface area contributed by atoms with Gasteiger partial charge in [0, 0.05) is 11.6 Å². The van der Waals surface area contributed by atoms with E-state index in [1.807, 2.05) is 0 Å². The molecule has 0 spiro atoms. The molecule has 71 valence electrons. The molecule has 14 heavy (non-hydrogen) atoms. The molecule has 0 aliphatic rings. The van der Waals surface area contributed by atoms with Gasteiger partial charge in [0.05, 0.1) is 0 Å². The Hall–Kier alpha value is -1.58. The average Bonchev–Trinajstić information content (AvgIpc) is 2.16. The number of pyridine rings is 1. The lowest BCUT2D eigenvalue weighted by Gasteiger charge is -2.05. The zero-order valence-corrected chi connectivity index (χ0v) is 6.97. The first-order chi connectivity index (χ1) is 6.57.